The third kappa shape index (κ3) is 6.44. The van der Waals surface area contributed by atoms with Gasteiger partial charge in [0.1, 0.15) is 17.2 Å². The molecule has 4 rings (SSSR count). The molecule has 2 N–H and O–H groups in total. The van der Waals surface area contributed by atoms with Crippen LogP contribution < -0.4 is 14.8 Å². The molecule has 6 nitrogen and oxygen atoms in total. The van der Waals surface area contributed by atoms with Gasteiger partial charge in [-0.3, -0.25) is 9.59 Å². The first-order valence-corrected chi connectivity index (χ1v) is 12.6. The summed E-state index contributed by atoms with van der Waals surface area (Å²) in [5, 5.41) is 13.9. The lowest BCUT2D eigenvalue weighted by atomic mass is 9.93. The molecule has 3 aromatic carbocycles. The Morgan fingerprint density at radius 2 is 1.78 bits per heavy atom. The van der Waals surface area contributed by atoms with Crippen molar-refractivity contribution in [2.75, 3.05) is 13.2 Å². The number of unbranched alkanes of at least 4 members (excludes halogenated alkanes) is 1. The van der Waals surface area contributed by atoms with E-state index in [2.05, 4.69) is 5.32 Å². The van der Waals surface area contributed by atoms with Gasteiger partial charge in [0.15, 0.2) is 0 Å². The Morgan fingerprint density at radius 1 is 1.00 bits per heavy atom. The molecular weight excluding hydrogens is 525 g/mol. The van der Waals surface area contributed by atoms with Crippen molar-refractivity contribution in [2.45, 2.75) is 31.6 Å². The molecule has 1 aliphatic heterocycles. The maximum absolute atomic E-state index is 12.5. The van der Waals surface area contributed by atoms with Gasteiger partial charge in [-0.15, -0.1) is 0 Å². The number of amides is 1. The van der Waals surface area contributed by atoms with E-state index in [1.807, 2.05) is 12.1 Å². The van der Waals surface area contributed by atoms with Crippen molar-refractivity contribution in [3.63, 3.8) is 0 Å². The van der Waals surface area contributed by atoms with Crippen LogP contribution in [0.4, 0.5) is 0 Å². The number of rotatable bonds is 9. The van der Waals surface area contributed by atoms with Crippen LogP contribution in [0.2, 0.25) is 15.1 Å². The van der Waals surface area contributed by atoms with Crippen molar-refractivity contribution in [3.8, 4) is 17.2 Å². The highest BCUT2D eigenvalue weighted by atomic mass is 35.5. The summed E-state index contributed by atoms with van der Waals surface area (Å²) in [7, 11) is 0. The lowest BCUT2D eigenvalue weighted by Crippen LogP contribution is -2.24. The number of carboxylic acid groups (broad SMARTS) is 1. The van der Waals surface area contributed by atoms with Crippen LogP contribution in [0.25, 0.3) is 0 Å². The number of ether oxygens (including phenoxy) is 2. The van der Waals surface area contributed by atoms with E-state index in [0.29, 0.717) is 58.0 Å². The van der Waals surface area contributed by atoms with E-state index < -0.39 is 11.9 Å². The highest BCUT2D eigenvalue weighted by Crippen LogP contribution is 2.41. The van der Waals surface area contributed by atoms with Crippen molar-refractivity contribution in [1.82, 2.24) is 5.32 Å². The number of fused-ring (bicyclic) bond motifs is 1. The van der Waals surface area contributed by atoms with E-state index in [0.717, 1.165) is 24.8 Å². The van der Waals surface area contributed by atoms with E-state index >= 15 is 0 Å². The summed E-state index contributed by atoms with van der Waals surface area (Å²) in [6.07, 6.45) is 2.89. The zero-order chi connectivity index (χ0) is 25.7. The van der Waals surface area contributed by atoms with Crippen molar-refractivity contribution >= 4 is 46.7 Å². The molecule has 0 saturated heterocycles. The molecule has 1 amide bonds. The van der Waals surface area contributed by atoms with Crippen LogP contribution in [0.15, 0.2) is 54.6 Å². The van der Waals surface area contributed by atoms with Crippen molar-refractivity contribution in [2.24, 2.45) is 0 Å². The van der Waals surface area contributed by atoms with Gasteiger partial charge < -0.3 is 19.9 Å². The smallest absolute Gasteiger partial charge is 0.311 e. The second-order valence-corrected chi connectivity index (χ2v) is 9.67. The quantitative estimate of drug-likeness (QED) is 0.278. The van der Waals surface area contributed by atoms with Crippen molar-refractivity contribution in [3.05, 3.63) is 86.4 Å². The second kappa shape index (κ2) is 11.9. The summed E-state index contributed by atoms with van der Waals surface area (Å²) in [6.45, 7) is 0.855. The standard InChI is InChI=1S/C27H24Cl3NO5/c28-18-7-4-16(22(29)13-18)3-1-2-11-31-26(32)17-5-8-19(9-6-17)36-25-15-24-21(14-23(25)30)20(27(33)34)10-12-35-24/h4-9,13-15,20H,1-3,10-12H2,(H,31,32)(H,33,34). The molecule has 9 heteroatoms. The minimum atomic E-state index is -0.913. The fourth-order valence-corrected chi connectivity index (χ4v) is 4.71. The van der Waals surface area contributed by atoms with Crippen LogP contribution >= 0.6 is 34.8 Å². The third-order valence-electron chi connectivity index (χ3n) is 5.92. The molecule has 1 atom stereocenters. The molecule has 0 aliphatic carbocycles. The van der Waals surface area contributed by atoms with Crippen LogP contribution in [0, 0.1) is 0 Å². The number of carbonyl (C=O) groups is 2. The fourth-order valence-electron chi connectivity index (χ4n) is 3.99. The van der Waals surface area contributed by atoms with E-state index in [-0.39, 0.29) is 10.9 Å². The summed E-state index contributed by atoms with van der Waals surface area (Å²) in [5.74, 6) is -0.468. The van der Waals surface area contributed by atoms with E-state index in [1.54, 1.807) is 42.5 Å². The molecule has 0 spiro atoms. The second-order valence-electron chi connectivity index (χ2n) is 8.42. The molecule has 36 heavy (non-hydrogen) atoms. The number of halogens is 3. The van der Waals surface area contributed by atoms with Gasteiger partial charge in [0.05, 0.1) is 17.5 Å². The van der Waals surface area contributed by atoms with Gasteiger partial charge in [-0.05, 0) is 73.7 Å². The maximum atomic E-state index is 12.5. The highest BCUT2D eigenvalue weighted by molar-refractivity contribution is 6.35. The third-order valence-corrected chi connectivity index (χ3v) is 6.80. The molecule has 0 bridgehead atoms. The number of carboxylic acids is 1. The molecule has 0 aromatic heterocycles. The normalized spacial score (nSPS) is 14.5. The number of hydrogen-bond acceptors (Lipinski definition) is 4. The molecule has 0 fully saturated rings. The Bertz CT molecular complexity index is 1260. The monoisotopic (exact) mass is 547 g/mol. The van der Waals surface area contributed by atoms with Crippen LogP contribution in [0.1, 0.15) is 46.7 Å². The predicted molar refractivity (Wildman–Crippen MR) is 140 cm³/mol. The Labute approximate surface area is 224 Å². The van der Waals surface area contributed by atoms with Crippen LogP contribution in [0.3, 0.4) is 0 Å². The van der Waals surface area contributed by atoms with Crippen molar-refractivity contribution < 1.29 is 24.2 Å². The SMILES string of the molecule is O=C(NCCCCc1ccc(Cl)cc1Cl)c1ccc(Oc2cc3c(cc2Cl)C(C(=O)O)CCO3)cc1. The van der Waals surface area contributed by atoms with Gasteiger partial charge in [-0.2, -0.15) is 0 Å². The summed E-state index contributed by atoms with van der Waals surface area (Å²) < 4.78 is 11.5. The van der Waals surface area contributed by atoms with Crippen LogP contribution in [0.5, 0.6) is 17.2 Å². The Balaban J connectivity index is 1.29. The zero-order valence-corrected chi connectivity index (χ0v) is 21.5. The average molecular weight is 549 g/mol. The topological polar surface area (TPSA) is 84.9 Å². The summed E-state index contributed by atoms with van der Waals surface area (Å²) in [6, 6.07) is 15.3. The lowest BCUT2D eigenvalue weighted by molar-refractivity contribution is -0.139. The molecule has 0 saturated carbocycles. The minimum Gasteiger partial charge on any atom is -0.493 e. The van der Waals surface area contributed by atoms with Gasteiger partial charge in [0, 0.05) is 33.8 Å². The first kappa shape index (κ1) is 26.1. The van der Waals surface area contributed by atoms with Gasteiger partial charge >= 0.3 is 5.97 Å². The largest absolute Gasteiger partial charge is 0.493 e. The molecule has 1 aliphatic rings. The van der Waals surface area contributed by atoms with Gasteiger partial charge in [-0.1, -0.05) is 40.9 Å². The lowest BCUT2D eigenvalue weighted by Gasteiger charge is -2.24. The molecule has 0 radical (unpaired) electrons. The van der Waals surface area contributed by atoms with Crippen LogP contribution in [-0.4, -0.2) is 30.1 Å². The number of aryl methyl sites for hydroxylation is 1. The number of hydrogen-bond donors (Lipinski definition) is 2. The number of nitrogens with one attached hydrogen (secondary N) is 1. The first-order chi connectivity index (χ1) is 17.3. The number of carbonyl (C=O) groups excluding carboxylic acids is 1. The molecule has 188 valence electrons. The zero-order valence-electron chi connectivity index (χ0n) is 19.2. The molecular formula is C27H24Cl3NO5. The molecule has 3 aromatic rings. The maximum Gasteiger partial charge on any atom is 0.311 e. The Hall–Kier alpha value is -2.93. The van der Waals surface area contributed by atoms with Gasteiger partial charge in [0.25, 0.3) is 5.91 Å². The minimum absolute atomic E-state index is 0.175. The molecule has 1 unspecified atom stereocenters. The number of benzene rings is 3. The van der Waals surface area contributed by atoms with E-state index in [1.165, 1.54) is 0 Å². The van der Waals surface area contributed by atoms with E-state index in [4.69, 9.17) is 44.3 Å². The summed E-state index contributed by atoms with van der Waals surface area (Å²) in [4.78, 5) is 24.0. The fraction of sp³-hybridized carbons (Fsp3) is 0.259. The average Bonchev–Trinajstić information content (AvgIpc) is 2.85. The highest BCUT2D eigenvalue weighted by Gasteiger charge is 2.29. The Kier molecular flexibility index (Phi) is 8.62. The van der Waals surface area contributed by atoms with E-state index in [9.17, 15) is 14.7 Å². The first-order valence-electron chi connectivity index (χ1n) is 11.5. The summed E-state index contributed by atoms with van der Waals surface area (Å²) >= 11 is 18.5. The van der Waals surface area contributed by atoms with Gasteiger partial charge in [0.2, 0.25) is 0 Å². The number of aliphatic carboxylic acids is 1. The predicted octanol–water partition coefficient (Wildman–Crippen LogP) is 7.14. The Morgan fingerprint density at radius 3 is 2.50 bits per heavy atom. The summed E-state index contributed by atoms with van der Waals surface area (Å²) in [5.41, 5.74) is 2.08. The van der Waals surface area contributed by atoms with Crippen molar-refractivity contribution in [1.29, 1.82) is 0 Å². The van der Waals surface area contributed by atoms with Gasteiger partial charge in [-0.25, -0.2) is 0 Å². The molecule has 1 heterocycles. The van der Waals surface area contributed by atoms with Crippen LogP contribution in [-0.2, 0) is 11.2 Å².